The summed E-state index contributed by atoms with van der Waals surface area (Å²) in [5.41, 5.74) is 9.31. The van der Waals surface area contributed by atoms with E-state index < -0.39 is 0 Å². The van der Waals surface area contributed by atoms with E-state index in [0.29, 0.717) is 0 Å². The lowest BCUT2D eigenvalue weighted by Gasteiger charge is -2.07. The molecule has 2 aromatic carbocycles. The van der Waals surface area contributed by atoms with Gasteiger partial charge in [0.1, 0.15) is 0 Å². The smallest absolute Gasteiger partial charge is 0.0355 e. The van der Waals surface area contributed by atoms with Crippen molar-refractivity contribution >= 4 is 17.4 Å². The Balaban J connectivity index is 2.09. The van der Waals surface area contributed by atoms with Gasteiger partial charge in [0, 0.05) is 16.3 Å². The zero-order valence-corrected chi connectivity index (χ0v) is 10.1. The molecule has 2 aromatic rings. The second-order valence-corrected chi connectivity index (χ2v) is 4.77. The molecule has 0 heterocycles. The van der Waals surface area contributed by atoms with Gasteiger partial charge in [-0.2, -0.15) is 0 Å². The summed E-state index contributed by atoms with van der Waals surface area (Å²) in [5.74, 6) is 0.928. The average Bonchev–Trinajstić information content (AvgIpc) is 2.30. The van der Waals surface area contributed by atoms with Crippen LogP contribution in [0.2, 0.25) is 0 Å². The number of aryl methyl sites for hydroxylation is 1. The van der Waals surface area contributed by atoms with Gasteiger partial charge in [0.15, 0.2) is 0 Å². The lowest BCUT2D eigenvalue weighted by Crippen LogP contribution is -1.91. The number of thioether (sulfide) groups is 1. The van der Waals surface area contributed by atoms with Gasteiger partial charge in [0.05, 0.1) is 0 Å². The van der Waals surface area contributed by atoms with Crippen LogP contribution in [0.1, 0.15) is 11.1 Å². The summed E-state index contributed by atoms with van der Waals surface area (Å²) in [5, 5.41) is 0. The van der Waals surface area contributed by atoms with Gasteiger partial charge in [-0.3, -0.25) is 0 Å². The van der Waals surface area contributed by atoms with Gasteiger partial charge in [0.25, 0.3) is 0 Å². The Morgan fingerprint density at radius 1 is 1.00 bits per heavy atom. The van der Waals surface area contributed by atoms with E-state index in [4.69, 9.17) is 5.73 Å². The van der Waals surface area contributed by atoms with Crippen molar-refractivity contribution in [2.24, 2.45) is 0 Å². The third-order valence-corrected chi connectivity index (χ3v) is 3.76. The van der Waals surface area contributed by atoms with Crippen molar-refractivity contribution in [2.45, 2.75) is 17.6 Å². The molecule has 0 aromatic heterocycles. The molecule has 2 N–H and O–H groups in total. The average molecular weight is 229 g/mol. The van der Waals surface area contributed by atoms with Gasteiger partial charge in [-0.05, 0) is 30.2 Å². The lowest BCUT2D eigenvalue weighted by atomic mass is 10.2. The van der Waals surface area contributed by atoms with Crippen LogP contribution in [-0.2, 0) is 5.75 Å². The molecule has 0 aliphatic heterocycles. The van der Waals surface area contributed by atoms with Crippen molar-refractivity contribution in [3.63, 3.8) is 0 Å². The minimum absolute atomic E-state index is 0.878. The van der Waals surface area contributed by atoms with Gasteiger partial charge in [-0.15, -0.1) is 11.8 Å². The van der Waals surface area contributed by atoms with Crippen molar-refractivity contribution in [3.8, 4) is 0 Å². The maximum atomic E-state index is 5.91. The highest BCUT2D eigenvalue weighted by Crippen LogP contribution is 2.27. The van der Waals surface area contributed by atoms with E-state index in [-0.39, 0.29) is 0 Å². The second-order valence-electron chi connectivity index (χ2n) is 3.75. The Labute approximate surface area is 101 Å². The van der Waals surface area contributed by atoms with Crippen molar-refractivity contribution in [3.05, 3.63) is 59.7 Å². The zero-order valence-electron chi connectivity index (χ0n) is 9.31. The molecule has 1 nitrogen and oxygen atoms in total. The minimum atomic E-state index is 0.878. The summed E-state index contributed by atoms with van der Waals surface area (Å²) in [6, 6.07) is 16.5. The Morgan fingerprint density at radius 2 is 1.69 bits per heavy atom. The molecule has 0 aliphatic carbocycles. The van der Waals surface area contributed by atoms with E-state index in [0.717, 1.165) is 11.4 Å². The fourth-order valence-electron chi connectivity index (χ4n) is 1.54. The maximum absolute atomic E-state index is 5.91. The molecule has 0 saturated heterocycles. The Kier molecular flexibility index (Phi) is 3.52. The monoisotopic (exact) mass is 229 g/mol. The molecule has 16 heavy (non-hydrogen) atoms. The second kappa shape index (κ2) is 5.08. The predicted octanol–water partition coefficient (Wildman–Crippen LogP) is 3.87. The lowest BCUT2D eigenvalue weighted by molar-refractivity contribution is 1.29. The molecule has 0 atom stereocenters. The molecule has 0 unspecified atom stereocenters. The van der Waals surface area contributed by atoms with Gasteiger partial charge in [0.2, 0.25) is 0 Å². The molecule has 0 amide bonds. The van der Waals surface area contributed by atoms with Crippen molar-refractivity contribution in [1.82, 2.24) is 0 Å². The van der Waals surface area contributed by atoms with Crippen LogP contribution in [0.4, 0.5) is 5.69 Å². The topological polar surface area (TPSA) is 26.0 Å². The van der Waals surface area contributed by atoms with Crippen molar-refractivity contribution in [1.29, 1.82) is 0 Å². The molecule has 0 fully saturated rings. The van der Waals surface area contributed by atoms with E-state index in [1.807, 2.05) is 30.0 Å². The van der Waals surface area contributed by atoms with Crippen LogP contribution in [-0.4, -0.2) is 0 Å². The Morgan fingerprint density at radius 3 is 2.44 bits per heavy atom. The zero-order chi connectivity index (χ0) is 11.4. The summed E-state index contributed by atoms with van der Waals surface area (Å²) in [7, 11) is 0. The number of hydrogen-bond acceptors (Lipinski definition) is 2. The third-order valence-electron chi connectivity index (χ3n) is 2.53. The van der Waals surface area contributed by atoms with E-state index in [1.54, 1.807) is 0 Å². The minimum Gasteiger partial charge on any atom is -0.398 e. The molecular weight excluding hydrogens is 214 g/mol. The first-order chi connectivity index (χ1) is 7.77. The van der Waals surface area contributed by atoms with Crippen molar-refractivity contribution in [2.75, 3.05) is 5.73 Å². The highest BCUT2D eigenvalue weighted by Gasteiger charge is 2.01. The summed E-state index contributed by atoms with van der Waals surface area (Å²) in [4.78, 5) is 1.32. The molecule has 2 rings (SSSR count). The Hall–Kier alpha value is -1.41. The van der Waals surface area contributed by atoms with Gasteiger partial charge in [-0.1, -0.05) is 36.4 Å². The summed E-state index contributed by atoms with van der Waals surface area (Å²) < 4.78 is 0. The number of nitrogens with two attached hydrogens (primary N) is 1. The molecule has 0 bridgehead atoms. The number of nitrogen functional groups attached to an aromatic ring is 1. The van der Waals surface area contributed by atoms with E-state index in [2.05, 4.69) is 37.3 Å². The third kappa shape index (κ3) is 2.58. The van der Waals surface area contributed by atoms with Crippen LogP contribution in [0.15, 0.2) is 53.4 Å². The van der Waals surface area contributed by atoms with E-state index in [1.165, 1.54) is 16.0 Å². The quantitative estimate of drug-likeness (QED) is 0.638. The largest absolute Gasteiger partial charge is 0.398 e. The molecular formula is C14H15NS. The fourth-order valence-corrected chi connectivity index (χ4v) is 2.58. The summed E-state index contributed by atoms with van der Waals surface area (Å²) >= 11 is 1.83. The van der Waals surface area contributed by atoms with E-state index in [9.17, 15) is 0 Å². The Bertz CT molecular complexity index is 434. The SMILES string of the molecule is Cc1ccccc1SCc1ccccc1N. The van der Waals surface area contributed by atoms with Crippen LogP contribution < -0.4 is 5.73 Å². The van der Waals surface area contributed by atoms with Crippen LogP contribution in [0, 0.1) is 6.92 Å². The summed E-state index contributed by atoms with van der Waals surface area (Å²) in [6.45, 7) is 2.14. The van der Waals surface area contributed by atoms with Crippen LogP contribution >= 0.6 is 11.8 Å². The van der Waals surface area contributed by atoms with Gasteiger partial charge >= 0.3 is 0 Å². The van der Waals surface area contributed by atoms with Gasteiger partial charge in [-0.25, -0.2) is 0 Å². The maximum Gasteiger partial charge on any atom is 0.0355 e. The molecule has 0 spiro atoms. The number of anilines is 1. The summed E-state index contributed by atoms with van der Waals surface area (Å²) in [6.07, 6.45) is 0. The standard InChI is InChI=1S/C14H15NS/c1-11-6-2-5-9-14(11)16-10-12-7-3-4-8-13(12)15/h2-9H,10,15H2,1H3. The first-order valence-corrected chi connectivity index (χ1v) is 6.28. The molecule has 0 saturated carbocycles. The van der Waals surface area contributed by atoms with Crippen LogP contribution in [0.3, 0.4) is 0 Å². The number of hydrogen-bond donors (Lipinski definition) is 1. The van der Waals surface area contributed by atoms with E-state index >= 15 is 0 Å². The highest BCUT2D eigenvalue weighted by molar-refractivity contribution is 7.98. The number of benzene rings is 2. The van der Waals surface area contributed by atoms with Crippen LogP contribution in [0.5, 0.6) is 0 Å². The first kappa shape index (κ1) is 11.1. The normalized spacial score (nSPS) is 10.3. The van der Waals surface area contributed by atoms with Crippen LogP contribution in [0.25, 0.3) is 0 Å². The van der Waals surface area contributed by atoms with Gasteiger partial charge < -0.3 is 5.73 Å². The molecule has 82 valence electrons. The molecule has 2 heteroatoms. The fraction of sp³-hybridized carbons (Fsp3) is 0.143. The number of rotatable bonds is 3. The number of para-hydroxylation sites is 1. The molecule has 0 aliphatic rings. The van der Waals surface area contributed by atoms with Crippen molar-refractivity contribution < 1.29 is 0 Å². The molecule has 0 radical (unpaired) electrons. The first-order valence-electron chi connectivity index (χ1n) is 5.29. The predicted molar refractivity (Wildman–Crippen MR) is 71.6 cm³/mol. The highest BCUT2D eigenvalue weighted by atomic mass is 32.2.